The summed E-state index contributed by atoms with van der Waals surface area (Å²) in [5, 5.41) is 15.9. The van der Waals surface area contributed by atoms with Gasteiger partial charge in [0, 0.05) is 24.7 Å². The lowest BCUT2D eigenvalue weighted by molar-refractivity contribution is 0.852. The molecule has 0 saturated heterocycles. The molecular weight excluding hydrogens is 326 g/mol. The summed E-state index contributed by atoms with van der Waals surface area (Å²) in [6.45, 7) is 2.78. The molecule has 4 rings (SSSR count). The lowest BCUT2D eigenvalue weighted by Crippen LogP contribution is -2.10. The standard InChI is InChI=1S/C19H19N7/c1-2-15-12-17(19-24-22-13-26(19)25-15)20-11-9-18-21-10-8-16(23-18)14-6-4-3-5-7-14/h3-8,10,12-13,20H,2,9,11H2,1H3. The van der Waals surface area contributed by atoms with Gasteiger partial charge >= 0.3 is 0 Å². The molecule has 0 saturated carbocycles. The van der Waals surface area contributed by atoms with E-state index >= 15 is 0 Å². The molecule has 1 aromatic carbocycles. The Balaban J connectivity index is 1.48. The van der Waals surface area contributed by atoms with Gasteiger partial charge in [0.1, 0.15) is 12.2 Å². The predicted octanol–water partition coefficient (Wildman–Crippen LogP) is 2.80. The van der Waals surface area contributed by atoms with Crippen LogP contribution < -0.4 is 5.32 Å². The van der Waals surface area contributed by atoms with Crippen LogP contribution in [0.15, 0.2) is 55.0 Å². The monoisotopic (exact) mass is 345 g/mol. The van der Waals surface area contributed by atoms with E-state index in [1.54, 1.807) is 10.8 Å². The van der Waals surface area contributed by atoms with E-state index < -0.39 is 0 Å². The third-order valence-electron chi connectivity index (χ3n) is 4.12. The number of nitrogens with zero attached hydrogens (tertiary/aromatic N) is 6. The summed E-state index contributed by atoms with van der Waals surface area (Å²) in [4.78, 5) is 9.05. The Labute approximate surface area is 151 Å². The maximum Gasteiger partial charge on any atom is 0.200 e. The summed E-state index contributed by atoms with van der Waals surface area (Å²) in [6, 6.07) is 14.1. The Hall–Kier alpha value is -3.35. The van der Waals surface area contributed by atoms with Crippen molar-refractivity contribution in [3.8, 4) is 11.3 Å². The first kappa shape index (κ1) is 16.1. The molecule has 0 aliphatic carbocycles. The number of aryl methyl sites for hydroxylation is 1. The van der Waals surface area contributed by atoms with Crippen LogP contribution in [0.3, 0.4) is 0 Å². The first-order valence-electron chi connectivity index (χ1n) is 8.64. The highest BCUT2D eigenvalue weighted by Gasteiger charge is 2.08. The van der Waals surface area contributed by atoms with E-state index in [9.17, 15) is 0 Å². The highest BCUT2D eigenvalue weighted by Crippen LogP contribution is 2.17. The third-order valence-corrected chi connectivity index (χ3v) is 4.12. The summed E-state index contributed by atoms with van der Waals surface area (Å²) in [5.74, 6) is 0.807. The maximum absolute atomic E-state index is 4.66. The average Bonchev–Trinajstić information content (AvgIpc) is 3.17. The number of benzene rings is 1. The van der Waals surface area contributed by atoms with Crippen LogP contribution in [0, 0.1) is 0 Å². The SMILES string of the molecule is CCc1cc(NCCc2nccc(-c3ccccc3)n2)c2nncn2n1. The highest BCUT2D eigenvalue weighted by molar-refractivity contribution is 5.66. The van der Waals surface area contributed by atoms with Crippen molar-refractivity contribution in [1.82, 2.24) is 29.8 Å². The Bertz CT molecular complexity index is 1010. The van der Waals surface area contributed by atoms with E-state index in [4.69, 9.17) is 0 Å². The zero-order valence-electron chi connectivity index (χ0n) is 14.5. The summed E-state index contributed by atoms with van der Waals surface area (Å²) < 4.78 is 1.70. The van der Waals surface area contributed by atoms with E-state index in [0.29, 0.717) is 13.0 Å². The van der Waals surface area contributed by atoms with Crippen LogP contribution in [0.4, 0.5) is 5.69 Å². The lowest BCUT2D eigenvalue weighted by Gasteiger charge is -2.09. The second kappa shape index (κ2) is 7.26. The Morgan fingerprint density at radius 2 is 2.00 bits per heavy atom. The van der Waals surface area contributed by atoms with E-state index in [0.717, 1.165) is 40.5 Å². The van der Waals surface area contributed by atoms with E-state index in [1.807, 2.05) is 36.5 Å². The minimum atomic E-state index is 0.702. The molecule has 0 atom stereocenters. The highest BCUT2D eigenvalue weighted by atomic mass is 15.3. The molecule has 4 aromatic rings. The van der Waals surface area contributed by atoms with Gasteiger partial charge in [0.15, 0.2) is 0 Å². The Morgan fingerprint density at radius 3 is 2.85 bits per heavy atom. The number of fused-ring (bicyclic) bond motifs is 1. The van der Waals surface area contributed by atoms with Crippen molar-refractivity contribution < 1.29 is 0 Å². The molecule has 7 nitrogen and oxygen atoms in total. The number of anilines is 1. The van der Waals surface area contributed by atoms with Gasteiger partial charge in [-0.1, -0.05) is 37.3 Å². The van der Waals surface area contributed by atoms with Crippen LogP contribution in [0.2, 0.25) is 0 Å². The minimum absolute atomic E-state index is 0.702. The van der Waals surface area contributed by atoms with Crippen LogP contribution in [0.5, 0.6) is 0 Å². The van der Waals surface area contributed by atoms with Crippen molar-refractivity contribution in [3.63, 3.8) is 0 Å². The van der Waals surface area contributed by atoms with Gasteiger partial charge in [0.25, 0.3) is 0 Å². The van der Waals surface area contributed by atoms with Crippen molar-refractivity contribution in [1.29, 1.82) is 0 Å². The summed E-state index contributed by atoms with van der Waals surface area (Å²) >= 11 is 0. The van der Waals surface area contributed by atoms with E-state index in [-0.39, 0.29) is 0 Å². The van der Waals surface area contributed by atoms with Gasteiger partial charge in [0.05, 0.1) is 17.1 Å². The molecule has 3 aromatic heterocycles. The first-order valence-corrected chi connectivity index (χ1v) is 8.64. The zero-order chi connectivity index (χ0) is 17.8. The normalized spacial score (nSPS) is 11.0. The predicted molar refractivity (Wildman–Crippen MR) is 99.8 cm³/mol. The third kappa shape index (κ3) is 3.37. The number of rotatable bonds is 6. The second-order valence-electron chi connectivity index (χ2n) is 5.90. The largest absolute Gasteiger partial charge is 0.381 e. The second-order valence-corrected chi connectivity index (χ2v) is 5.90. The fraction of sp³-hybridized carbons (Fsp3) is 0.211. The van der Waals surface area contributed by atoms with Crippen LogP contribution >= 0.6 is 0 Å². The summed E-state index contributed by atoms with van der Waals surface area (Å²) in [7, 11) is 0. The molecule has 0 aliphatic heterocycles. The molecule has 0 fully saturated rings. The van der Waals surface area contributed by atoms with Gasteiger partial charge in [-0.25, -0.2) is 9.97 Å². The summed E-state index contributed by atoms with van der Waals surface area (Å²) in [6.07, 6.45) is 4.99. The molecule has 7 heteroatoms. The smallest absolute Gasteiger partial charge is 0.200 e. The van der Waals surface area contributed by atoms with Crippen LogP contribution in [0.25, 0.3) is 16.9 Å². The maximum atomic E-state index is 4.66. The molecule has 0 unspecified atom stereocenters. The van der Waals surface area contributed by atoms with Gasteiger partial charge in [-0.15, -0.1) is 10.2 Å². The molecule has 0 radical (unpaired) electrons. The van der Waals surface area contributed by atoms with Crippen molar-refractivity contribution in [2.45, 2.75) is 19.8 Å². The van der Waals surface area contributed by atoms with Gasteiger partial charge in [-0.2, -0.15) is 9.61 Å². The van der Waals surface area contributed by atoms with Crippen LogP contribution in [-0.2, 0) is 12.8 Å². The van der Waals surface area contributed by atoms with Crippen LogP contribution in [0.1, 0.15) is 18.4 Å². The Morgan fingerprint density at radius 1 is 1.12 bits per heavy atom. The zero-order valence-corrected chi connectivity index (χ0v) is 14.5. The molecule has 130 valence electrons. The van der Waals surface area contributed by atoms with Crippen molar-refractivity contribution in [2.75, 3.05) is 11.9 Å². The van der Waals surface area contributed by atoms with Gasteiger partial charge in [-0.05, 0) is 18.6 Å². The number of aromatic nitrogens is 6. The molecule has 0 amide bonds. The van der Waals surface area contributed by atoms with E-state index in [1.165, 1.54) is 0 Å². The first-order chi connectivity index (χ1) is 12.8. The lowest BCUT2D eigenvalue weighted by atomic mass is 10.1. The molecule has 0 aliphatic rings. The molecule has 3 heterocycles. The quantitative estimate of drug-likeness (QED) is 0.579. The fourth-order valence-corrected chi connectivity index (χ4v) is 2.78. The topological polar surface area (TPSA) is 80.9 Å². The van der Waals surface area contributed by atoms with Crippen LogP contribution in [-0.4, -0.2) is 36.3 Å². The molecule has 1 N–H and O–H groups in total. The summed E-state index contributed by atoms with van der Waals surface area (Å²) in [5.41, 5.74) is 4.67. The van der Waals surface area contributed by atoms with Gasteiger partial charge < -0.3 is 5.32 Å². The molecular formula is C19H19N7. The minimum Gasteiger partial charge on any atom is -0.381 e. The fourth-order valence-electron chi connectivity index (χ4n) is 2.78. The van der Waals surface area contributed by atoms with Crippen molar-refractivity contribution >= 4 is 11.3 Å². The van der Waals surface area contributed by atoms with Gasteiger partial charge in [0.2, 0.25) is 5.65 Å². The number of hydrogen-bond donors (Lipinski definition) is 1. The Kier molecular flexibility index (Phi) is 4.51. The molecule has 0 spiro atoms. The number of hydrogen-bond acceptors (Lipinski definition) is 6. The average molecular weight is 345 g/mol. The molecule has 26 heavy (non-hydrogen) atoms. The van der Waals surface area contributed by atoms with E-state index in [2.05, 4.69) is 49.6 Å². The number of nitrogens with one attached hydrogen (secondary N) is 1. The van der Waals surface area contributed by atoms with Crippen molar-refractivity contribution in [2.24, 2.45) is 0 Å². The molecule has 0 bridgehead atoms. The van der Waals surface area contributed by atoms with Gasteiger partial charge in [-0.3, -0.25) is 0 Å². The van der Waals surface area contributed by atoms with Crippen molar-refractivity contribution in [3.05, 3.63) is 66.5 Å².